The second-order valence-electron chi connectivity index (χ2n) is 3.63. The van der Waals surface area contributed by atoms with Crippen LogP contribution >= 0.6 is 0 Å². The minimum atomic E-state index is -2.71. The average molecular weight is 162 g/mol. The molecule has 3 aliphatic carbocycles. The summed E-state index contributed by atoms with van der Waals surface area (Å²) in [5, 5.41) is 8.61. The molecule has 0 aromatic heterocycles. The number of alkyl halides is 2. The molecule has 2 bridgehead atoms. The maximum atomic E-state index is 12.7. The zero-order valence-electron chi connectivity index (χ0n) is 5.81. The van der Waals surface area contributed by atoms with Gasteiger partial charge >= 0.3 is 5.97 Å². The first-order chi connectivity index (χ1) is 4.96. The van der Waals surface area contributed by atoms with Crippen molar-refractivity contribution in [3.05, 3.63) is 0 Å². The van der Waals surface area contributed by atoms with Crippen LogP contribution in [0.3, 0.4) is 0 Å². The Kier molecular flexibility index (Phi) is 0.997. The Morgan fingerprint density at radius 1 is 1.45 bits per heavy atom. The smallest absolute Gasteiger partial charge is 0.309 e. The summed E-state index contributed by atoms with van der Waals surface area (Å²) in [6.45, 7) is 0. The number of halogens is 2. The van der Waals surface area contributed by atoms with Gasteiger partial charge in [-0.3, -0.25) is 4.79 Å². The molecule has 62 valence electrons. The Balaban J connectivity index is 2.23. The molecule has 0 aliphatic heterocycles. The number of rotatable bonds is 1. The summed E-state index contributed by atoms with van der Waals surface area (Å²) in [6, 6.07) is 0. The van der Waals surface area contributed by atoms with E-state index in [2.05, 4.69) is 0 Å². The number of carboxylic acid groups (broad SMARTS) is 1. The molecule has 3 fully saturated rings. The van der Waals surface area contributed by atoms with Gasteiger partial charge in [-0.05, 0) is 12.8 Å². The molecule has 0 aromatic carbocycles. The fourth-order valence-corrected chi connectivity index (χ4v) is 2.17. The SMILES string of the molecule is O=C(O)C12CC(C1)C(F)(F)C2. The van der Waals surface area contributed by atoms with Gasteiger partial charge in [0.05, 0.1) is 5.41 Å². The lowest BCUT2D eigenvalue weighted by Gasteiger charge is -2.32. The van der Waals surface area contributed by atoms with Crippen LogP contribution in [0.4, 0.5) is 8.78 Å². The van der Waals surface area contributed by atoms with Gasteiger partial charge in [-0.1, -0.05) is 0 Å². The molecule has 0 radical (unpaired) electrons. The van der Waals surface area contributed by atoms with Gasteiger partial charge in [-0.2, -0.15) is 0 Å². The van der Waals surface area contributed by atoms with Crippen molar-refractivity contribution in [2.24, 2.45) is 11.3 Å². The standard InChI is InChI=1S/C7H8F2O2/c8-7(9)3-6(5(10)11)1-4(7)2-6/h4H,1-3H2,(H,10,11). The fourth-order valence-electron chi connectivity index (χ4n) is 2.17. The van der Waals surface area contributed by atoms with Crippen LogP contribution in [0.25, 0.3) is 0 Å². The molecule has 0 amide bonds. The first-order valence-electron chi connectivity index (χ1n) is 3.58. The van der Waals surface area contributed by atoms with E-state index in [1.807, 2.05) is 0 Å². The van der Waals surface area contributed by atoms with E-state index in [-0.39, 0.29) is 12.8 Å². The second kappa shape index (κ2) is 1.57. The van der Waals surface area contributed by atoms with E-state index in [4.69, 9.17) is 5.11 Å². The lowest BCUT2D eigenvalue weighted by atomic mass is 9.70. The van der Waals surface area contributed by atoms with Crippen molar-refractivity contribution in [2.45, 2.75) is 25.2 Å². The van der Waals surface area contributed by atoms with E-state index in [0.717, 1.165) is 0 Å². The van der Waals surface area contributed by atoms with Gasteiger partial charge in [-0.15, -0.1) is 0 Å². The van der Waals surface area contributed by atoms with Crippen molar-refractivity contribution < 1.29 is 18.7 Å². The van der Waals surface area contributed by atoms with Crippen LogP contribution in [0.2, 0.25) is 0 Å². The molecular formula is C7H8F2O2. The molecular weight excluding hydrogens is 154 g/mol. The maximum Gasteiger partial charge on any atom is 0.309 e. The minimum absolute atomic E-state index is 0.176. The van der Waals surface area contributed by atoms with E-state index in [1.54, 1.807) is 0 Å². The zero-order chi connectivity index (χ0) is 8.28. The molecule has 4 heteroatoms. The third kappa shape index (κ3) is 0.671. The van der Waals surface area contributed by atoms with Crippen molar-refractivity contribution in [1.29, 1.82) is 0 Å². The van der Waals surface area contributed by atoms with E-state index >= 15 is 0 Å². The van der Waals surface area contributed by atoms with E-state index in [0.29, 0.717) is 0 Å². The summed E-state index contributed by atoms with van der Waals surface area (Å²) in [5.41, 5.74) is -1.06. The van der Waals surface area contributed by atoms with Crippen LogP contribution in [0, 0.1) is 11.3 Å². The third-order valence-electron chi connectivity index (χ3n) is 2.90. The highest BCUT2D eigenvalue weighted by molar-refractivity contribution is 5.77. The second-order valence-corrected chi connectivity index (χ2v) is 3.63. The average Bonchev–Trinajstić information content (AvgIpc) is 2.11. The number of carboxylic acids is 1. The molecule has 0 atom stereocenters. The van der Waals surface area contributed by atoms with Gasteiger partial charge in [0.15, 0.2) is 0 Å². The summed E-state index contributed by atoms with van der Waals surface area (Å²) in [5.74, 6) is -4.41. The Morgan fingerprint density at radius 3 is 2.18 bits per heavy atom. The van der Waals surface area contributed by atoms with Crippen molar-refractivity contribution in [3.63, 3.8) is 0 Å². The first-order valence-corrected chi connectivity index (χ1v) is 3.58. The van der Waals surface area contributed by atoms with Gasteiger partial charge in [0.1, 0.15) is 0 Å². The molecule has 0 heterocycles. The lowest BCUT2D eigenvalue weighted by molar-refractivity contribution is -0.153. The number of fused-ring (bicyclic) bond motifs is 1. The van der Waals surface area contributed by atoms with Crippen LogP contribution in [0.5, 0.6) is 0 Å². The van der Waals surface area contributed by atoms with Gasteiger partial charge < -0.3 is 5.11 Å². The molecule has 11 heavy (non-hydrogen) atoms. The van der Waals surface area contributed by atoms with E-state index in [1.165, 1.54) is 0 Å². The molecule has 0 spiro atoms. The highest BCUT2D eigenvalue weighted by Crippen LogP contribution is 2.65. The van der Waals surface area contributed by atoms with Crippen LogP contribution in [0.1, 0.15) is 19.3 Å². The van der Waals surface area contributed by atoms with Gasteiger partial charge in [-0.25, -0.2) is 8.78 Å². The Morgan fingerprint density at radius 2 is 2.00 bits per heavy atom. The van der Waals surface area contributed by atoms with Crippen molar-refractivity contribution in [1.82, 2.24) is 0 Å². The van der Waals surface area contributed by atoms with Crippen LogP contribution in [-0.2, 0) is 4.79 Å². The molecule has 3 rings (SSSR count). The number of carbonyl (C=O) groups is 1. The lowest BCUT2D eigenvalue weighted by Crippen LogP contribution is -2.36. The number of hydrogen-bond acceptors (Lipinski definition) is 1. The Bertz CT molecular complexity index is 218. The van der Waals surface area contributed by atoms with Crippen LogP contribution in [0.15, 0.2) is 0 Å². The molecule has 3 saturated carbocycles. The number of hydrogen-bond donors (Lipinski definition) is 1. The van der Waals surface area contributed by atoms with Gasteiger partial charge in [0, 0.05) is 12.3 Å². The molecule has 0 unspecified atom stereocenters. The van der Waals surface area contributed by atoms with Gasteiger partial charge in [0.2, 0.25) is 0 Å². The first kappa shape index (κ1) is 7.00. The summed E-state index contributed by atoms with van der Waals surface area (Å²) < 4.78 is 25.4. The van der Waals surface area contributed by atoms with Crippen LogP contribution in [-0.4, -0.2) is 17.0 Å². The predicted octanol–water partition coefficient (Wildman–Crippen LogP) is 1.51. The van der Waals surface area contributed by atoms with Gasteiger partial charge in [0.25, 0.3) is 5.92 Å². The highest BCUT2D eigenvalue weighted by atomic mass is 19.3. The summed E-state index contributed by atoms with van der Waals surface area (Å²) in [7, 11) is 0. The monoisotopic (exact) mass is 162 g/mol. The van der Waals surface area contributed by atoms with Crippen LogP contribution < -0.4 is 0 Å². The number of aliphatic carboxylic acids is 1. The van der Waals surface area contributed by atoms with E-state index in [9.17, 15) is 13.6 Å². The minimum Gasteiger partial charge on any atom is -0.481 e. The summed E-state index contributed by atoms with van der Waals surface area (Å²) in [4.78, 5) is 10.5. The Labute approximate surface area is 62.2 Å². The summed E-state index contributed by atoms with van der Waals surface area (Å²) >= 11 is 0. The summed E-state index contributed by atoms with van der Waals surface area (Å²) in [6.07, 6.45) is -0.0926. The largest absolute Gasteiger partial charge is 0.481 e. The molecule has 0 aromatic rings. The Hall–Kier alpha value is -0.670. The van der Waals surface area contributed by atoms with Crippen molar-refractivity contribution in [2.75, 3.05) is 0 Å². The predicted molar refractivity (Wildman–Crippen MR) is 32.4 cm³/mol. The molecule has 0 saturated heterocycles. The van der Waals surface area contributed by atoms with Crippen molar-refractivity contribution >= 4 is 5.97 Å². The molecule has 1 N–H and O–H groups in total. The zero-order valence-corrected chi connectivity index (χ0v) is 5.81. The normalized spacial score (nSPS) is 45.1. The molecule has 3 aliphatic rings. The quantitative estimate of drug-likeness (QED) is 0.634. The topological polar surface area (TPSA) is 37.3 Å². The third-order valence-corrected chi connectivity index (χ3v) is 2.90. The van der Waals surface area contributed by atoms with E-state index < -0.39 is 29.6 Å². The fraction of sp³-hybridized carbons (Fsp3) is 0.857. The molecule has 2 nitrogen and oxygen atoms in total. The maximum absolute atomic E-state index is 12.7. The van der Waals surface area contributed by atoms with Crippen molar-refractivity contribution in [3.8, 4) is 0 Å². The highest BCUT2D eigenvalue weighted by Gasteiger charge is 2.69.